The van der Waals surface area contributed by atoms with Crippen molar-refractivity contribution in [3.8, 4) is 11.1 Å². The number of nitrogens with one attached hydrogen (secondary N) is 2. The van der Waals surface area contributed by atoms with Gasteiger partial charge in [-0.1, -0.05) is 43.2 Å². The summed E-state index contributed by atoms with van der Waals surface area (Å²) in [5.74, 6) is 1.80. The standard InChI is InChI=1S/C28H32N4/c1-2-5-22(4-1)28-31-25-14-13-23(17-27(25)32-28)21-11-9-19(10-12-21)7-8-20-16-26(30-18-20)24-6-3-15-29-24/h9-14,17-18,22,24,29H,1-8,15-16H2,(H,31,32)/t24-/m0/s1. The second-order valence-corrected chi connectivity index (χ2v) is 9.77. The molecule has 1 aliphatic carbocycles. The summed E-state index contributed by atoms with van der Waals surface area (Å²) in [4.78, 5) is 13.2. The van der Waals surface area contributed by atoms with Gasteiger partial charge in [0.1, 0.15) is 5.82 Å². The molecule has 3 aromatic rings. The SMILES string of the molecule is C1=C(CCc2ccc(-c3ccc4nc(C5CCCC5)[nH]c4c3)cc2)CC([C@@H]2CCCN2)=N1. The fourth-order valence-corrected chi connectivity index (χ4v) is 5.60. The molecule has 0 amide bonds. The zero-order valence-electron chi connectivity index (χ0n) is 18.7. The maximum absolute atomic E-state index is 4.86. The lowest BCUT2D eigenvalue weighted by atomic mass is 9.98. The zero-order valence-corrected chi connectivity index (χ0v) is 18.7. The Kier molecular flexibility index (Phi) is 5.40. The van der Waals surface area contributed by atoms with Crippen LogP contribution in [0.2, 0.25) is 0 Å². The Labute approximate surface area is 190 Å². The lowest BCUT2D eigenvalue weighted by Crippen LogP contribution is -2.29. The van der Waals surface area contributed by atoms with Gasteiger partial charge in [0.25, 0.3) is 0 Å². The molecule has 6 rings (SSSR count). The van der Waals surface area contributed by atoms with E-state index in [1.807, 2.05) is 0 Å². The summed E-state index contributed by atoms with van der Waals surface area (Å²) in [5, 5.41) is 3.57. The molecule has 1 aromatic heterocycles. The number of imidazole rings is 1. The first kappa shape index (κ1) is 19.9. The number of hydrogen-bond donors (Lipinski definition) is 2. The van der Waals surface area contributed by atoms with Crippen LogP contribution in [0.25, 0.3) is 22.2 Å². The number of H-pyrrole nitrogens is 1. The Morgan fingerprint density at radius 2 is 1.72 bits per heavy atom. The van der Waals surface area contributed by atoms with Gasteiger partial charge in [0.15, 0.2) is 0 Å². The van der Waals surface area contributed by atoms with Crippen LogP contribution >= 0.6 is 0 Å². The van der Waals surface area contributed by atoms with Crippen molar-refractivity contribution in [3.63, 3.8) is 0 Å². The number of aliphatic imine (C=N–C) groups is 1. The van der Waals surface area contributed by atoms with E-state index in [1.165, 1.54) is 72.3 Å². The van der Waals surface area contributed by atoms with E-state index in [4.69, 9.17) is 9.98 Å². The minimum absolute atomic E-state index is 0.518. The average Bonchev–Trinajstić information content (AvgIpc) is 3.63. The number of aromatic nitrogens is 2. The van der Waals surface area contributed by atoms with Crippen LogP contribution in [0.5, 0.6) is 0 Å². The van der Waals surface area contributed by atoms with E-state index in [-0.39, 0.29) is 0 Å². The number of rotatable bonds is 6. The third-order valence-electron chi connectivity index (χ3n) is 7.55. The fraction of sp³-hybridized carbons (Fsp3) is 0.429. The minimum atomic E-state index is 0.518. The first-order chi connectivity index (χ1) is 15.8. The molecule has 32 heavy (non-hydrogen) atoms. The predicted octanol–water partition coefficient (Wildman–Crippen LogP) is 6.30. The van der Waals surface area contributed by atoms with Crippen molar-refractivity contribution >= 4 is 16.7 Å². The normalized spacial score (nSPS) is 21.4. The van der Waals surface area contributed by atoms with E-state index in [2.05, 4.69) is 59.0 Å². The van der Waals surface area contributed by atoms with Gasteiger partial charge < -0.3 is 10.3 Å². The molecule has 164 valence electrons. The quantitative estimate of drug-likeness (QED) is 0.488. The molecule has 0 spiro atoms. The zero-order chi connectivity index (χ0) is 21.3. The number of fused-ring (bicyclic) bond motifs is 1. The van der Waals surface area contributed by atoms with Crippen LogP contribution in [0.15, 0.2) is 59.2 Å². The molecule has 2 N–H and O–H groups in total. The third-order valence-corrected chi connectivity index (χ3v) is 7.55. The predicted molar refractivity (Wildman–Crippen MR) is 132 cm³/mol. The van der Waals surface area contributed by atoms with E-state index < -0.39 is 0 Å². The van der Waals surface area contributed by atoms with E-state index in [1.54, 1.807) is 0 Å². The van der Waals surface area contributed by atoms with Crippen molar-refractivity contribution in [1.29, 1.82) is 0 Å². The molecule has 1 saturated carbocycles. The molecule has 0 unspecified atom stereocenters. The Hall–Kier alpha value is -2.72. The van der Waals surface area contributed by atoms with Gasteiger partial charge >= 0.3 is 0 Å². The first-order valence-corrected chi connectivity index (χ1v) is 12.4. The number of aromatic amines is 1. The van der Waals surface area contributed by atoms with E-state index in [9.17, 15) is 0 Å². The number of allylic oxidation sites excluding steroid dienone is 1. The van der Waals surface area contributed by atoms with Crippen LogP contribution in [-0.4, -0.2) is 28.3 Å². The highest BCUT2D eigenvalue weighted by Gasteiger charge is 2.23. The number of nitrogens with zero attached hydrogens (tertiary/aromatic N) is 2. The van der Waals surface area contributed by atoms with Crippen LogP contribution in [0.3, 0.4) is 0 Å². The molecule has 0 bridgehead atoms. The molecule has 4 heteroatoms. The summed E-state index contributed by atoms with van der Waals surface area (Å²) in [5.41, 5.74) is 8.99. The van der Waals surface area contributed by atoms with Crippen LogP contribution in [0.1, 0.15) is 68.7 Å². The summed E-state index contributed by atoms with van der Waals surface area (Å²) in [6.45, 7) is 1.14. The molecule has 3 heterocycles. The summed E-state index contributed by atoms with van der Waals surface area (Å²) in [6.07, 6.45) is 13.1. The Bertz CT molecular complexity index is 1160. The number of benzene rings is 2. The maximum atomic E-state index is 4.86. The number of hydrogen-bond acceptors (Lipinski definition) is 3. The lowest BCUT2D eigenvalue weighted by molar-refractivity contribution is 0.681. The minimum Gasteiger partial charge on any atom is -0.342 e. The Morgan fingerprint density at radius 3 is 2.53 bits per heavy atom. The van der Waals surface area contributed by atoms with Crippen molar-refractivity contribution in [2.45, 2.75) is 69.7 Å². The fourth-order valence-electron chi connectivity index (χ4n) is 5.60. The largest absolute Gasteiger partial charge is 0.342 e. The van der Waals surface area contributed by atoms with Gasteiger partial charge in [-0.15, -0.1) is 0 Å². The van der Waals surface area contributed by atoms with Gasteiger partial charge in [-0.3, -0.25) is 4.99 Å². The topological polar surface area (TPSA) is 53.1 Å². The molecule has 0 radical (unpaired) electrons. The van der Waals surface area contributed by atoms with Crippen molar-refractivity contribution < 1.29 is 0 Å². The molecule has 2 aliphatic heterocycles. The van der Waals surface area contributed by atoms with Crippen molar-refractivity contribution in [2.24, 2.45) is 4.99 Å². The second kappa shape index (κ2) is 8.67. The van der Waals surface area contributed by atoms with Crippen molar-refractivity contribution in [1.82, 2.24) is 15.3 Å². The molecular formula is C28H32N4. The van der Waals surface area contributed by atoms with Crippen LogP contribution < -0.4 is 5.32 Å². The molecule has 1 saturated heterocycles. The smallest absolute Gasteiger partial charge is 0.110 e. The summed E-state index contributed by atoms with van der Waals surface area (Å²) in [6, 6.07) is 16.2. The average molecular weight is 425 g/mol. The highest BCUT2D eigenvalue weighted by atomic mass is 15.0. The summed E-state index contributed by atoms with van der Waals surface area (Å²) >= 11 is 0. The van der Waals surface area contributed by atoms with E-state index in [0.717, 1.165) is 36.8 Å². The van der Waals surface area contributed by atoms with Gasteiger partial charge in [0, 0.05) is 30.3 Å². The monoisotopic (exact) mass is 424 g/mol. The summed E-state index contributed by atoms with van der Waals surface area (Å²) < 4.78 is 0. The van der Waals surface area contributed by atoms with Crippen molar-refractivity contribution in [3.05, 3.63) is 65.6 Å². The lowest BCUT2D eigenvalue weighted by Gasteiger charge is -2.11. The first-order valence-electron chi connectivity index (χ1n) is 12.4. The molecule has 1 atom stereocenters. The molecular weight excluding hydrogens is 392 g/mol. The van der Waals surface area contributed by atoms with Crippen LogP contribution in [-0.2, 0) is 6.42 Å². The molecule has 2 fully saturated rings. The molecule has 4 nitrogen and oxygen atoms in total. The number of aryl methyl sites for hydroxylation is 1. The molecule has 3 aliphatic rings. The van der Waals surface area contributed by atoms with Crippen LogP contribution in [0.4, 0.5) is 0 Å². The molecule has 2 aromatic carbocycles. The van der Waals surface area contributed by atoms with Gasteiger partial charge in [0.2, 0.25) is 0 Å². The highest BCUT2D eigenvalue weighted by molar-refractivity contribution is 5.94. The second-order valence-electron chi connectivity index (χ2n) is 9.77. The highest BCUT2D eigenvalue weighted by Crippen LogP contribution is 2.34. The third kappa shape index (κ3) is 4.04. The summed E-state index contributed by atoms with van der Waals surface area (Å²) in [7, 11) is 0. The van der Waals surface area contributed by atoms with Gasteiger partial charge in [0.05, 0.1) is 11.0 Å². The van der Waals surface area contributed by atoms with E-state index >= 15 is 0 Å². The van der Waals surface area contributed by atoms with E-state index in [0.29, 0.717) is 12.0 Å². The van der Waals surface area contributed by atoms with Crippen LogP contribution in [0, 0.1) is 0 Å². The Balaban J connectivity index is 1.09. The van der Waals surface area contributed by atoms with Crippen molar-refractivity contribution in [2.75, 3.05) is 6.54 Å². The van der Waals surface area contributed by atoms with Gasteiger partial charge in [-0.2, -0.15) is 0 Å². The van der Waals surface area contributed by atoms with Gasteiger partial charge in [-0.25, -0.2) is 4.98 Å². The maximum Gasteiger partial charge on any atom is 0.110 e. The van der Waals surface area contributed by atoms with Gasteiger partial charge in [-0.05, 0) is 79.5 Å². The Morgan fingerprint density at radius 1 is 0.875 bits per heavy atom.